The van der Waals surface area contributed by atoms with Crippen LogP contribution in [0.2, 0.25) is 10.0 Å². The summed E-state index contributed by atoms with van der Waals surface area (Å²) < 4.78 is 0. The Morgan fingerprint density at radius 2 is 1.23 bits per heavy atom. The molecule has 0 aliphatic carbocycles. The average Bonchev–Trinajstić information content (AvgIpc) is 2.29. The molecule has 13 heavy (non-hydrogen) atoms. The summed E-state index contributed by atoms with van der Waals surface area (Å²) in [6, 6.07) is 0. The van der Waals surface area contributed by atoms with Gasteiger partial charge in [0.05, 0.1) is 10.0 Å². The summed E-state index contributed by atoms with van der Waals surface area (Å²) in [4.78, 5) is 21.5. The van der Waals surface area contributed by atoms with E-state index in [0.29, 0.717) is 0 Å². The SMILES string of the molecule is O=C(Cl)c1sc(C(=O)Cl)c(Cl)c1Cl. The molecule has 2 nitrogen and oxygen atoms in total. The lowest BCUT2D eigenvalue weighted by atomic mass is 10.4. The average molecular weight is 278 g/mol. The zero-order valence-electron chi connectivity index (χ0n) is 5.74. The van der Waals surface area contributed by atoms with Crippen LogP contribution in [0.5, 0.6) is 0 Å². The zero-order valence-corrected chi connectivity index (χ0v) is 9.58. The molecule has 1 heterocycles. The standard InChI is InChI=1S/C6Cl4O2S/c7-1-2(8)4(6(10)12)13-3(1)5(9)11. The molecule has 70 valence electrons. The summed E-state index contributed by atoms with van der Waals surface area (Å²) in [5, 5.41) is -1.59. The van der Waals surface area contributed by atoms with Gasteiger partial charge in [-0.2, -0.15) is 0 Å². The third-order valence-electron chi connectivity index (χ3n) is 1.15. The fraction of sp³-hybridized carbons (Fsp3) is 0. The van der Waals surface area contributed by atoms with Crippen LogP contribution in [0.1, 0.15) is 19.3 Å². The number of carbonyl (C=O) groups excluding carboxylic acids is 2. The van der Waals surface area contributed by atoms with Gasteiger partial charge < -0.3 is 0 Å². The highest BCUT2D eigenvalue weighted by Crippen LogP contribution is 2.38. The van der Waals surface area contributed by atoms with Gasteiger partial charge in [-0.15, -0.1) is 11.3 Å². The second-order valence-corrected chi connectivity index (χ2v) is 4.40. The highest BCUT2D eigenvalue weighted by atomic mass is 35.5. The first-order valence-corrected chi connectivity index (χ1v) is 5.15. The number of halogens is 4. The van der Waals surface area contributed by atoms with Crippen molar-refractivity contribution in [2.45, 2.75) is 0 Å². The molecule has 0 saturated heterocycles. The molecule has 0 amide bonds. The molecular weight excluding hydrogens is 278 g/mol. The van der Waals surface area contributed by atoms with Crippen molar-refractivity contribution in [1.29, 1.82) is 0 Å². The summed E-state index contributed by atoms with van der Waals surface area (Å²) in [5.41, 5.74) is 0. The van der Waals surface area contributed by atoms with Crippen molar-refractivity contribution in [2.75, 3.05) is 0 Å². The highest BCUT2D eigenvalue weighted by Gasteiger charge is 2.22. The molecule has 1 aromatic heterocycles. The van der Waals surface area contributed by atoms with Gasteiger partial charge in [-0.3, -0.25) is 9.59 Å². The molecule has 0 spiro atoms. The van der Waals surface area contributed by atoms with Gasteiger partial charge in [0.25, 0.3) is 10.5 Å². The number of thiophene rings is 1. The molecule has 0 radical (unpaired) electrons. The molecule has 1 rings (SSSR count). The quantitative estimate of drug-likeness (QED) is 0.771. The normalized spacial score (nSPS) is 10.2. The minimum Gasteiger partial charge on any atom is -0.275 e. The molecule has 0 aliphatic heterocycles. The third-order valence-corrected chi connectivity index (χ3v) is 4.02. The van der Waals surface area contributed by atoms with Gasteiger partial charge in [-0.25, -0.2) is 0 Å². The van der Waals surface area contributed by atoms with Crippen LogP contribution in [0, 0.1) is 0 Å². The fourth-order valence-corrected chi connectivity index (χ4v) is 2.61. The molecular formula is C6Cl4O2S. The minimum absolute atomic E-state index is 0.0253. The maximum atomic E-state index is 10.7. The van der Waals surface area contributed by atoms with Gasteiger partial charge in [0.1, 0.15) is 9.75 Å². The van der Waals surface area contributed by atoms with E-state index in [1.54, 1.807) is 0 Å². The maximum absolute atomic E-state index is 10.7. The smallest absolute Gasteiger partial charge is 0.263 e. The Bertz CT molecular complexity index is 350. The van der Waals surface area contributed by atoms with Gasteiger partial charge in [0.15, 0.2) is 0 Å². The van der Waals surface area contributed by atoms with E-state index in [1.807, 2.05) is 0 Å². The second-order valence-electron chi connectivity index (χ2n) is 1.94. The molecule has 1 aromatic rings. The lowest BCUT2D eigenvalue weighted by Crippen LogP contribution is -1.82. The summed E-state index contributed by atoms with van der Waals surface area (Å²) in [7, 11) is 0. The molecule has 0 unspecified atom stereocenters. The van der Waals surface area contributed by atoms with Crippen molar-refractivity contribution < 1.29 is 9.59 Å². The van der Waals surface area contributed by atoms with E-state index < -0.39 is 10.5 Å². The lowest BCUT2D eigenvalue weighted by Gasteiger charge is -1.86. The first-order chi connectivity index (χ1) is 5.95. The van der Waals surface area contributed by atoms with E-state index in [9.17, 15) is 9.59 Å². The first-order valence-electron chi connectivity index (χ1n) is 2.82. The number of hydrogen-bond acceptors (Lipinski definition) is 3. The van der Waals surface area contributed by atoms with Crippen LogP contribution in [-0.2, 0) is 0 Å². The van der Waals surface area contributed by atoms with Crippen molar-refractivity contribution in [3.8, 4) is 0 Å². The molecule has 0 N–H and O–H groups in total. The maximum Gasteiger partial charge on any atom is 0.263 e. The van der Waals surface area contributed by atoms with E-state index in [-0.39, 0.29) is 19.8 Å². The number of hydrogen-bond donors (Lipinski definition) is 0. The van der Waals surface area contributed by atoms with Gasteiger partial charge >= 0.3 is 0 Å². The molecule has 0 bridgehead atoms. The molecule has 0 atom stereocenters. The van der Waals surface area contributed by atoms with Gasteiger partial charge in [0, 0.05) is 0 Å². The molecule has 0 aliphatic rings. The van der Waals surface area contributed by atoms with Crippen LogP contribution in [-0.4, -0.2) is 10.5 Å². The van der Waals surface area contributed by atoms with Crippen LogP contribution in [0.15, 0.2) is 0 Å². The summed E-state index contributed by atoms with van der Waals surface area (Å²) in [5.74, 6) is 0. The zero-order chi connectivity index (χ0) is 10.2. The molecule has 0 aromatic carbocycles. The predicted octanol–water partition coefficient (Wildman–Crippen LogP) is 3.81. The summed E-state index contributed by atoms with van der Waals surface area (Å²) in [6.45, 7) is 0. The van der Waals surface area contributed by atoms with Crippen molar-refractivity contribution in [1.82, 2.24) is 0 Å². The summed E-state index contributed by atoms with van der Waals surface area (Å²) in [6.07, 6.45) is 0. The van der Waals surface area contributed by atoms with Crippen LogP contribution in [0.25, 0.3) is 0 Å². The van der Waals surface area contributed by atoms with Crippen molar-refractivity contribution in [2.24, 2.45) is 0 Å². The lowest BCUT2D eigenvalue weighted by molar-refractivity contribution is 0.107. The Kier molecular flexibility index (Phi) is 3.60. The topological polar surface area (TPSA) is 34.1 Å². The van der Waals surface area contributed by atoms with Crippen molar-refractivity contribution in [3.63, 3.8) is 0 Å². The Morgan fingerprint density at radius 1 is 0.923 bits per heavy atom. The van der Waals surface area contributed by atoms with Crippen LogP contribution < -0.4 is 0 Å². The summed E-state index contributed by atoms with van der Waals surface area (Å²) >= 11 is 22.4. The monoisotopic (exact) mass is 276 g/mol. The van der Waals surface area contributed by atoms with Crippen molar-refractivity contribution >= 4 is 68.2 Å². The first kappa shape index (κ1) is 11.3. The van der Waals surface area contributed by atoms with E-state index in [0.717, 1.165) is 11.3 Å². The molecule has 7 heteroatoms. The van der Waals surface area contributed by atoms with E-state index in [4.69, 9.17) is 46.4 Å². The Hall–Kier alpha value is 0.200. The van der Waals surface area contributed by atoms with Gasteiger partial charge in [-0.1, -0.05) is 23.2 Å². The fourth-order valence-electron chi connectivity index (χ4n) is 0.644. The largest absolute Gasteiger partial charge is 0.275 e. The van der Waals surface area contributed by atoms with Crippen LogP contribution in [0.3, 0.4) is 0 Å². The Morgan fingerprint density at radius 3 is 1.38 bits per heavy atom. The van der Waals surface area contributed by atoms with Crippen molar-refractivity contribution in [3.05, 3.63) is 19.8 Å². The van der Waals surface area contributed by atoms with E-state index >= 15 is 0 Å². The molecule has 0 fully saturated rings. The highest BCUT2D eigenvalue weighted by molar-refractivity contribution is 7.20. The predicted molar refractivity (Wildman–Crippen MR) is 54.7 cm³/mol. The van der Waals surface area contributed by atoms with Gasteiger partial charge in [0.2, 0.25) is 0 Å². The Balaban J connectivity index is 3.36. The number of rotatable bonds is 2. The van der Waals surface area contributed by atoms with Crippen LogP contribution >= 0.6 is 57.7 Å². The molecule has 0 saturated carbocycles. The van der Waals surface area contributed by atoms with Crippen LogP contribution in [0.4, 0.5) is 0 Å². The Labute approximate surface area is 97.3 Å². The number of carbonyl (C=O) groups is 2. The minimum atomic E-state index is -0.763. The van der Waals surface area contributed by atoms with E-state index in [1.165, 1.54) is 0 Å². The third kappa shape index (κ3) is 2.17. The second kappa shape index (κ2) is 4.15. The van der Waals surface area contributed by atoms with E-state index in [2.05, 4.69) is 0 Å². The van der Waals surface area contributed by atoms with Gasteiger partial charge in [-0.05, 0) is 23.2 Å².